The molecule has 0 bridgehead atoms. The molecule has 2 N–H and O–H groups in total. The summed E-state index contributed by atoms with van der Waals surface area (Å²) in [6, 6.07) is -0.165. The van der Waals surface area contributed by atoms with Gasteiger partial charge in [0.25, 0.3) is 0 Å². The Morgan fingerprint density at radius 2 is 2.14 bits per heavy atom. The average Bonchev–Trinajstić information content (AvgIpc) is 2.14. The molecule has 1 saturated heterocycles. The van der Waals surface area contributed by atoms with Crippen LogP contribution in [0, 0.1) is 5.41 Å². The zero-order chi connectivity index (χ0) is 10.2. The van der Waals surface area contributed by atoms with Gasteiger partial charge in [0.1, 0.15) is 0 Å². The largest absolute Gasteiger partial charge is 0.465 e. The van der Waals surface area contributed by atoms with Crippen molar-refractivity contribution in [2.24, 2.45) is 5.41 Å². The normalized spacial score (nSPS) is 30.1. The molecule has 2 fully saturated rings. The number of likely N-dealkylation sites (tertiary alicyclic amines) is 1. The zero-order valence-corrected chi connectivity index (χ0v) is 8.28. The lowest BCUT2D eigenvalue weighted by atomic mass is 9.61. The number of aliphatic hydroxyl groups excluding tert-OH is 1. The van der Waals surface area contributed by atoms with E-state index in [1.54, 1.807) is 0 Å². The second kappa shape index (κ2) is 3.42. The molecule has 1 amide bonds. The summed E-state index contributed by atoms with van der Waals surface area (Å²) in [6.07, 6.45) is 4.66. The van der Waals surface area contributed by atoms with Gasteiger partial charge in [-0.15, -0.1) is 0 Å². The van der Waals surface area contributed by atoms with Crippen molar-refractivity contribution in [2.45, 2.75) is 38.1 Å². The third-order valence-electron chi connectivity index (χ3n) is 3.86. The molecule has 1 heterocycles. The van der Waals surface area contributed by atoms with E-state index < -0.39 is 6.09 Å². The van der Waals surface area contributed by atoms with Crippen LogP contribution in [-0.4, -0.2) is 40.4 Å². The van der Waals surface area contributed by atoms with Gasteiger partial charge in [0, 0.05) is 6.54 Å². The molecule has 4 heteroatoms. The quantitative estimate of drug-likeness (QED) is 0.669. The summed E-state index contributed by atoms with van der Waals surface area (Å²) in [6.45, 7) is 0.564. The van der Waals surface area contributed by atoms with Crippen molar-refractivity contribution < 1.29 is 15.0 Å². The third-order valence-corrected chi connectivity index (χ3v) is 3.86. The first kappa shape index (κ1) is 9.77. The number of hydrogen-bond donors (Lipinski definition) is 2. The van der Waals surface area contributed by atoms with Crippen LogP contribution in [0.2, 0.25) is 0 Å². The van der Waals surface area contributed by atoms with Crippen LogP contribution < -0.4 is 0 Å². The number of rotatable bonds is 1. The van der Waals surface area contributed by atoms with Crippen molar-refractivity contribution in [1.82, 2.24) is 4.90 Å². The molecule has 1 aliphatic carbocycles. The first-order valence-corrected chi connectivity index (χ1v) is 5.27. The Morgan fingerprint density at radius 3 is 2.57 bits per heavy atom. The van der Waals surface area contributed by atoms with E-state index in [1.807, 2.05) is 0 Å². The maximum atomic E-state index is 10.9. The molecule has 1 saturated carbocycles. The van der Waals surface area contributed by atoms with Gasteiger partial charge in [-0.2, -0.15) is 0 Å². The lowest BCUT2D eigenvalue weighted by molar-refractivity contribution is -0.0152. The second-order valence-corrected chi connectivity index (χ2v) is 4.62. The summed E-state index contributed by atoms with van der Waals surface area (Å²) in [5.41, 5.74) is 0.374. The number of amides is 1. The van der Waals surface area contributed by atoms with E-state index in [-0.39, 0.29) is 12.6 Å². The maximum Gasteiger partial charge on any atom is 0.407 e. The highest BCUT2D eigenvalue weighted by Crippen LogP contribution is 2.50. The smallest absolute Gasteiger partial charge is 0.407 e. The Hall–Kier alpha value is -0.770. The average molecular weight is 199 g/mol. The van der Waals surface area contributed by atoms with Crippen LogP contribution in [0.5, 0.6) is 0 Å². The summed E-state index contributed by atoms with van der Waals surface area (Å²) < 4.78 is 0. The molecule has 0 aromatic heterocycles. The minimum absolute atomic E-state index is 0.0337. The topological polar surface area (TPSA) is 60.8 Å². The summed E-state index contributed by atoms with van der Waals surface area (Å²) in [5, 5.41) is 18.1. The van der Waals surface area contributed by atoms with Crippen LogP contribution in [0.25, 0.3) is 0 Å². The molecule has 0 aromatic carbocycles. The monoisotopic (exact) mass is 199 g/mol. The number of piperidine rings is 1. The van der Waals surface area contributed by atoms with Gasteiger partial charge in [-0.3, -0.25) is 0 Å². The Bertz CT molecular complexity index is 238. The van der Waals surface area contributed by atoms with Crippen LogP contribution in [0.15, 0.2) is 0 Å². The molecule has 1 atom stereocenters. The van der Waals surface area contributed by atoms with Gasteiger partial charge in [0.15, 0.2) is 0 Å². The van der Waals surface area contributed by atoms with E-state index in [1.165, 1.54) is 24.2 Å². The minimum atomic E-state index is -0.891. The van der Waals surface area contributed by atoms with Crippen LogP contribution in [0.4, 0.5) is 4.79 Å². The molecular formula is C10H17NO3. The number of carbonyl (C=O) groups is 1. The van der Waals surface area contributed by atoms with Crippen LogP contribution in [0.3, 0.4) is 0 Å². The molecule has 0 aromatic rings. The van der Waals surface area contributed by atoms with Crippen LogP contribution >= 0.6 is 0 Å². The Balaban J connectivity index is 2.02. The third kappa shape index (κ3) is 1.47. The van der Waals surface area contributed by atoms with Gasteiger partial charge < -0.3 is 15.1 Å². The zero-order valence-electron chi connectivity index (χ0n) is 8.28. The van der Waals surface area contributed by atoms with E-state index in [2.05, 4.69) is 0 Å². The van der Waals surface area contributed by atoms with Crippen molar-refractivity contribution in [2.75, 3.05) is 13.2 Å². The van der Waals surface area contributed by atoms with Crippen molar-refractivity contribution >= 4 is 6.09 Å². The fourth-order valence-electron chi connectivity index (χ4n) is 2.80. The molecule has 2 aliphatic rings. The highest BCUT2D eigenvalue weighted by molar-refractivity contribution is 5.65. The molecule has 0 radical (unpaired) electrons. The molecule has 14 heavy (non-hydrogen) atoms. The first-order chi connectivity index (χ1) is 6.67. The van der Waals surface area contributed by atoms with E-state index >= 15 is 0 Å². The predicted molar refractivity (Wildman–Crippen MR) is 51.1 cm³/mol. The summed E-state index contributed by atoms with van der Waals surface area (Å²) in [7, 11) is 0. The van der Waals surface area contributed by atoms with E-state index in [9.17, 15) is 4.79 Å². The Labute approximate surface area is 83.5 Å². The number of nitrogens with zero attached hydrogens (tertiary/aromatic N) is 1. The molecule has 1 spiro atoms. The van der Waals surface area contributed by atoms with Gasteiger partial charge in [-0.1, -0.05) is 6.42 Å². The number of aliphatic hydroxyl groups is 1. The van der Waals surface area contributed by atoms with Gasteiger partial charge >= 0.3 is 6.09 Å². The van der Waals surface area contributed by atoms with Crippen molar-refractivity contribution in [3.8, 4) is 0 Å². The molecule has 80 valence electrons. The van der Waals surface area contributed by atoms with Crippen molar-refractivity contribution in [1.29, 1.82) is 0 Å². The van der Waals surface area contributed by atoms with Crippen LogP contribution in [0.1, 0.15) is 32.1 Å². The van der Waals surface area contributed by atoms with E-state index in [0.717, 1.165) is 12.8 Å². The van der Waals surface area contributed by atoms with Gasteiger partial charge in [-0.05, 0) is 31.1 Å². The van der Waals surface area contributed by atoms with Gasteiger partial charge in [-0.25, -0.2) is 4.79 Å². The molecular weight excluding hydrogens is 182 g/mol. The maximum absolute atomic E-state index is 10.9. The van der Waals surface area contributed by atoms with E-state index in [0.29, 0.717) is 12.0 Å². The number of carboxylic acid groups (broad SMARTS) is 1. The predicted octanol–water partition coefficient (Wildman–Crippen LogP) is 1.29. The van der Waals surface area contributed by atoms with Crippen molar-refractivity contribution in [3.05, 3.63) is 0 Å². The Kier molecular flexibility index (Phi) is 2.39. The highest BCUT2D eigenvalue weighted by Gasteiger charge is 2.44. The summed E-state index contributed by atoms with van der Waals surface area (Å²) in [4.78, 5) is 12.2. The van der Waals surface area contributed by atoms with Gasteiger partial charge in [0.2, 0.25) is 0 Å². The molecule has 4 nitrogen and oxygen atoms in total. The summed E-state index contributed by atoms with van der Waals surface area (Å²) in [5.74, 6) is 0. The number of hydrogen-bond acceptors (Lipinski definition) is 2. The minimum Gasteiger partial charge on any atom is -0.465 e. The molecule has 1 unspecified atom stereocenters. The SMILES string of the molecule is O=C(O)N1CCC2(CCC2)CC1CO. The lowest BCUT2D eigenvalue weighted by Gasteiger charge is -2.50. The fourth-order valence-corrected chi connectivity index (χ4v) is 2.80. The van der Waals surface area contributed by atoms with E-state index in [4.69, 9.17) is 10.2 Å². The summed E-state index contributed by atoms with van der Waals surface area (Å²) >= 11 is 0. The standard InChI is InChI=1S/C10H17NO3/c12-7-8-6-10(2-1-3-10)4-5-11(8)9(13)14/h8,12H,1-7H2,(H,13,14). The van der Waals surface area contributed by atoms with Crippen LogP contribution in [-0.2, 0) is 0 Å². The molecule has 2 rings (SSSR count). The second-order valence-electron chi connectivity index (χ2n) is 4.62. The fraction of sp³-hybridized carbons (Fsp3) is 0.900. The van der Waals surface area contributed by atoms with Crippen molar-refractivity contribution in [3.63, 3.8) is 0 Å². The first-order valence-electron chi connectivity index (χ1n) is 5.27. The lowest BCUT2D eigenvalue weighted by Crippen LogP contribution is -2.52. The van der Waals surface area contributed by atoms with Gasteiger partial charge in [0.05, 0.1) is 12.6 Å². The highest BCUT2D eigenvalue weighted by atomic mass is 16.4. The Morgan fingerprint density at radius 1 is 1.43 bits per heavy atom. The molecule has 1 aliphatic heterocycles.